The van der Waals surface area contributed by atoms with Crippen LogP contribution in [0.25, 0.3) is 11.8 Å². The zero-order valence-corrected chi connectivity index (χ0v) is 16.4. The maximum atomic E-state index is 14.5. The van der Waals surface area contributed by atoms with E-state index < -0.39 is 17.5 Å². The Morgan fingerprint density at radius 3 is 2.34 bits per heavy atom. The van der Waals surface area contributed by atoms with Crippen LogP contribution in [0, 0.1) is 11.6 Å². The first-order valence-corrected chi connectivity index (χ1v) is 9.43. The number of carbonyl (C=O) groups is 1. The Labute approximate surface area is 176 Å². The maximum absolute atomic E-state index is 14.5. The van der Waals surface area contributed by atoms with Crippen molar-refractivity contribution in [3.05, 3.63) is 111 Å². The minimum atomic E-state index is -0.828. The van der Waals surface area contributed by atoms with Crippen LogP contribution in [0.4, 0.5) is 14.5 Å². The number of anilines is 1. The van der Waals surface area contributed by atoms with Crippen LogP contribution in [0.2, 0.25) is 10.0 Å². The van der Waals surface area contributed by atoms with Crippen molar-refractivity contribution in [2.24, 2.45) is 0 Å². The van der Waals surface area contributed by atoms with Gasteiger partial charge < -0.3 is 0 Å². The van der Waals surface area contributed by atoms with Crippen LogP contribution in [0.3, 0.4) is 0 Å². The number of hydrogen-bond donors (Lipinski definition) is 0. The lowest BCUT2D eigenvalue weighted by molar-refractivity contribution is -0.113. The van der Waals surface area contributed by atoms with E-state index in [0.29, 0.717) is 26.9 Å². The van der Waals surface area contributed by atoms with Gasteiger partial charge in [0.15, 0.2) is 0 Å². The first kappa shape index (κ1) is 19.4. The van der Waals surface area contributed by atoms with Crippen LogP contribution in [-0.4, -0.2) is 5.91 Å². The lowest BCUT2D eigenvalue weighted by Gasteiger charge is -2.21. The Balaban J connectivity index is 1.86. The van der Waals surface area contributed by atoms with E-state index in [1.165, 1.54) is 11.0 Å². The molecule has 144 valence electrons. The van der Waals surface area contributed by atoms with Gasteiger partial charge >= 0.3 is 0 Å². The van der Waals surface area contributed by atoms with E-state index in [1.807, 2.05) is 30.3 Å². The van der Waals surface area contributed by atoms with Gasteiger partial charge in [0.25, 0.3) is 5.91 Å². The molecule has 0 aromatic heterocycles. The predicted molar refractivity (Wildman–Crippen MR) is 113 cm³/mol. The average molecular weight is 428 g/mol. The minimum absolute atomic E-state index is 0.0305. The van der Waals surface area contributed by atoms with Crippen molar-refractivity contribution < 1.29 is 13.6 Å². The zero-order chi connectivity index (χ0) is 20.5. The zero-order valence-electron chi connectivity index (χ0n) is 14.9. The van der Waals surface area contributed by atoms with Gasteiger partial charge in [0.1, 0.15) is 11.6 Å². The van der Waals surface area contributed by atoms with Gasteiger partial charge in [0.2, 0.25) is 0 Å². The third kappa shape index (κ3) is 3.82. The summed E-state index contributed by atoms with van der Waals surface area (Å²) in [5.41, 5.74) is 2.09. The summed E-state index contributed by atoms with van der Waals surface area (Å²) in [6, 6.07) is 17.2. The number of benzene rings is 3. The summed E-state index contributed by atoms with van der Waals surface area (Å²) in [5, 5.41) is 0.865. The summed E-state index contributed by atoms with van der Waals surface area (Å²) in [4.78, 5) is 14.4. The second kappa shape index (κ2) is 7.82. The summed E-state index contributed by atoms with van der Waals surface area (Å²) in [6.45, 7) is 0. The molecule has 0 fully saturated rings. The molecule has 1 aliphatic rings. The van der Waals surface area contributed by atoms with Gasteiger partial charge in [-0.2, -0.15) is 0 Å². The highest BCUT2D eigenvalue weighted by atomic mass is 35.5. The Morgan fingerprint density at radius 2 is 1.66 bits per heavy atom. The smallest absolute Gasteiger partial charge is 0.263 e. The number of nitrogens with zero attached hydrogens (tertiary/aromatic N) is 1. The standard InChI is InChI=1S/C23H13Cl2F2NO/c24-17-7-6-15(19(25)12-17)10-16-11-22(14-4-2-1-3-5-14)28(23(16)29)21-9-8-18(26)13-20(21)27/h1-13H/b16-10+. The molecule has 6 heteroatoms. The van der Waals surface area contributed by atoms with Crippen molar-refractivity contribution >= 4 is 46.6 Å². The van der Waals surface area contributed by atoms with Crippen molar-refractivity contribution in [1.82, 2.24) is 0 Å². The molecule has 0 atom stereocenters. The van der Waals surface area contributed by atoms with Gasteiger partial charge in [0, 0.05) is 21.7 Å². The Bertz CT molecular complexity index is 1170. The molecule has 0 spiro atoms. The van der Waals surface area contributed by atoms with Crippen molar-refractivity contribution in [3.63, 3.8) is 0 Å². The summed E-state index contributed by atoms with van der Waals surface area (Å²) in [5.74, 6) is -1.99. The second-order valence-electron chi connectivity index (χ2n) is 6.40. The van der Waals surface area contributed by atoms with E-state index in [-0.39, 0.29) is 5.69 Å². The summed E-state index contributed by atoms with van der Waals surface area (Å²) >= 11 is 12.2. The number of carbonyl (C=O) groups excluding carboxylic acids is 1. The first-order valence-electron chi connectivity index (χ1n) is 8.67. The van der Waals surface area contributed by atoms with Gasteiger partial charge in [0.05, 0.1) is 11.4 Å². The third-order valence-electron chi connectivity index (χ3n) is 4.48. The molecular weight excluding hydrogens is 415 g/mol. The fraction of sp³-hybridized carbons (Fsp3) is 0. The van der Waals surface area contributed by atoms with E-state index in [9.17, 15) is 13.6 Å². The van der Waals surface area contributed by atoms with Crippen molar-refractivity contribution in [2.75, 3.05) is 4.90 Å². The molecule has 4 rings (SSSR count). The molecule has 0 bridgehead atoms. The molecule has 3 aromatic carbocycles. The largest absolute Gasteiger partial charge is 0.273 e. The van der Waals surface area contributed by atoms with Crippen molar-refractivity contribution in [2.45, 2.75) is 0 Å². The number of hydrogen-bond acceptors (Lipinski definition) is 1. The van der Waals surface area contributed by atoms with Crippen molar-refractivity contribution in [3.8, 4) is 0 Å². The molecule has 0 aliphatic carbocycles. The molecule has 1 aliphatic heterocycles. The highest BCUT2D eigenvalue weighted by Crippen LogP contribution is 2.37. The van der Waals surface area contributed by atoms with Crippen LogP contribution in [0.1, 0.15) is 11.1 Å². The molecule has 0 N–H and O–H groups in total. The Hall–Kier alpha value is -2.95. The quantitative estimate of drug-likeness (QED) is 0.423. The van der Waals surface area contributed by atoms with E-state index >= 15 is 0 Å². The Kier molecular flexibility index (Phi) is 5.22. The average Bonchev–Trinajstić information content (AvgIpc) is 3.01. The van der Waals surface area contributed by atoms with E-state index in [2.05, 4.69) is 0 Å². The Morgan fingerprint density at radius 1 is 0.897 bits per heavy atom. The fourth-order valence-corrected chi connectivity index (χ4v) is 3.59. The second-order valence-corrected chi connectivity index (χ2v) is 7.24. The summed E-state index contributed by atoms with van der Waals surface area (Å²) in [6.07, 6.45) is 3.27. The number of rotatable bonds is 3. The fourth-order valence-electron chi connectivity index (χ4n) is 3.12. The van der Waals surface area contributed by atoms with Gasteiger partial charge in [-0.05, 0) is 47.5 Å². The van der Waals surface area contributed by atoms with Crippen LogP contribution in [0.5, 0.6) is 0 Å². The van der Waals surface area contributed by atoms with Gasteiger partial charge in [-0.25, -0.2) is 8.78 Å². The predicted octanol–water partition coefficient (Wildman–Crippen LogP) is 6.74. The maximum Gasteiger partial charge on any atom is 0.263 e. The van der Waals surface area contributed by atoms with Crippen LogP contribution < -0.4 is 4.90 Å². The topological polar surface area (TPSA) is 20.3 Å². The van der Waals surface area contributed by atoms with E-state index in [1.54, 1.807) is 30.4 Å². The summed E-state index contributed by atoms with van der Waals surface area (Å²) in [7, 11) is 0. The molecule has 1 amide bonds. The van der Waals surface area contributed by atoms with Gasteiger partial charge in [-0.3, -0.25) is 9.69 Å². The SMILES string of the molecule is O=C1/C(=C/c2ccc(Cl)cc2Cl)C=C(c2ccccc2)N1c1ccc(F)cc1F. The molecule has 0 radical (unpaired) electrons. The normalized spacial score (nSPS) is 15.2. The van der Waals surface area contributed by atoms with Crippen LogP contribution in [0.15, 0.2) is 78.4 Å². The number of amides is 1. The molecule has 0 unspecified atom stereocenters. The van der Waals surface area contributed by atoms with E-state index in [4.69, 9.17) is 23.2 Å². The van der Waals surface area contributed by atoms with Crippen LogP contribution in [-0.2, 0) is 4.79 Å². The third-order valence-corrected chi connectivity index (χ3v) is 5.04. The highest BCUT2D eigenvalue weighted by molar-refractivity contribution is 6.35. The lowest BCUT2D eigenvalue weighted by Crippen LogP contribution is -2.26. The molecule has 3 aromatic rings. The van der Waals surface area contributed by atoms with E-state index in [0.717, 1.165) is 17.7 Å². The highest BCUT2D eigenvalue weighted by Gasteiger charge is 2.32. The molecule has 1 heterocycles. The van der Waals surface area contributed by atoms with Gasteiger partial charge in [-0.1, -0.05) is 59.6 Å². The van der Waals surface area contributed by atoms with Crippen molar-refractivity contribution in [1.29, 1.82) is 0 Å². The van der Waals surface area contributed by atoms with Crippen LogP contribution >= 0.6 is 23.2 Å². The number of halogens is 4. The molecule has 2 nitrogen and oxygen atoms in total. The first-order chi connectivity index (χ1) is 13.9. The monoisotopic (exact) mass is 427 g/mol. The lowest BCUT2D eigenvalue weighted by atomic mass is 10.1. The molecule has 0 saturated carbocycles. The minimum Gasteiger partial charge on any atom is -0.273 e. The van der Waals surface area contributed by atoms with Gasteiger partial charge in [-0.15, -0.1) is 0 Å². The molecular formula is C23H13Cl2F2NO. The summed E-state index contributed by atoms with van der Waals surface area (Å²) < 4.78 is 27.9. The molecule has 0 saturated heterocycles. The molecule has 29 heavy (non-hydrogen) atoms.